The van der Waals surface area contributed by atoms with Crippen LogP contribution in [0.1, 0.15) is 42.2 Å². The summed E-state index contributed by atoms with van der Waals surface area (Å²) >= 11 is 0. The van der Waals surface area contributed by atoms with Gasteiger partial charge in [0.05, 0.1) is 24.6 Å². The lowest BCUT2D eigenvalue weighted by molar-refractivity contribution is -0.148. The van der Waals surface area contributed by atoms with E-state index < -0.39 is 30.5 Å². The van der Waals surface area contributed by atoms with Crippen molar-refractivity contribution in [3.05, 3.63) is 65.7 Å². The first-order chi connectivity index (χ1) is 14.4. The highest BCUT2D eigenvalue weighted by atomic mass is 16.5. The average Bonchev–Trinajstić information content (AvgIpc) is 2.73. The number of esters is 2. The van der Waals surface area contributed by atoms with E-state index in [0.717, 1.165) is 5.56 Å². The summed E-state index contributed by atoms with van der Waals surface area (Å²) in [6, 6.07) is 14.6. The van der Waals surface area contributed by atoms with E-state index in [2.05, 4.69) is 10.6 Å². The molecule has 0 aliphatic rings. The molecule has 158 valence electrons. The molecule has 0 aromatic heterocycles. The number of anilines is 1. The minimum atomic E-state index is -0.620. The summed E-state index contributed by atoms with van der Waals surface area (Å²) in [7, 11) is 0. The van der Waals surface area contributed by atoms with Crippen molar-refractivity contribution >= 4 is 29.4 Å². The second kappa shape index (κ2) is 11.4. The van der Waals surface area contributed by atoms with Crippen molar-refractivity contribution in [3.8, 4) is 0 Å². The topological polar surface area (TPSA) is 111 Å². The van der Waals surface area contributed by atoms with Crippen molar-refractivity contribution in [2.75, 3.05) is 18.5 Å². The predicted octanol–water partition coefficient (Wildman–Crippen LogP) is 2.61. The van der Waals surface area contributed by atoms with Crippen molar-refractivity contribution in [2.24, 2.45) is 0 Å². The summed E-state index contributed by atoms with van der Waals surface area (Å²) in [5.74, 6) is -1.87. The number of hydrogen-bond acceptors (Lipinski definition) is 6. The standard InChI is InChI=1S/C22H24N2O6/c1-3-29-22(28)17-9-11-18(12-10-17)24-20(26)14-30-21(27)13-19(23-15(2)25)16-7-5-4-6-8-16/h4-12,19H,3,13-14H2,1-2H3,(H,23,25)(H,24,26)/t19-/m1/s1. The van der Waals surface area contributed by atoms with Crippen molar-refractivity contribution in [1.82, 2.24) is 5.32 Å². The van der Waals surface area contributed by atoms with Gasteiger partial charge in [0.1, 0.15) is 0 Å². The summed E-state index contributed by atoms with van der Waals surface area (Å²) < 4.78 is 9.92. The third-order valence-electron chi connectivity index (χ3n) is 3.99. The van der Waals surface area contributed by atoms with Gasteiger partial charge in [-0.15, -0.1) is 0 Å². The molecule has 2 aromatic rings. The number of amides is 2. The van der Waals surface area contributed by atoms with Crippen molar-refractivity contribution in [3.63, 3.8) is 0 Å². The Morgan fingerprint density at radius 1 is 0.933 bits per heavy atom. The lowest BCUT2D eigenvalue weighted by Crippen LogP contribution is -2.29. The Bertz CT molecular complexity index is 880. The van der Waals surface area contributed by atoms with E-state index in [1.165, 1.54) is 19.1 Å². The lowest BCUT2D eigenvalue weighted by atomic mass is 10.0. The normalized spacial score (nSPS) is 11.1. The second-order valence-corrected chi connectivity index (χ2v) is 6.37. The van der Waals surface area contributed by atoms with Crippen molar-refractivity contribution in [1.29, 1.82) is 0 Å². The van der Waals surface area contributed by atoms with E-state index >= 15 is 0 Å². The van der Waals surface area contributed by atoms with Crippen LogP contribution in [-0.4, -0.2) is 37.0 Å². The first kappa shape index (κ1) is 22.6. The zero-order valence-electron chi connectivity index (χ0n) is 16.8. The molecule has 1 atom stereocenters. The maximum absolute atomic E-state index is 12.1. The molecule has 0 aliphatic heterocycles. The van der Waals surface area contributed by atoms with Gasteiger partial charge in [0.15, 0.2) is 6.61 Å². The van der Waals surface area contributed by atoms with Gasteiger partial charge in [-0.1, -0.05) is 30.3 Å². The summed E-state index contributed by atoms with van der Waals surface area (Å²) in [4.78, 5) is 47.2. The molecule has 0 radical (unpaired) electrons. The number of ether oxygens (including phenoxy) is 2. The van der Waals surface area contributed by atoms with E-state index in [1.807, 2.05) is 6.07 Å². The van der Waals surface area contributed by atoms with Crippen LogP contribution in [0.15, 0.2) is 54.6 Å². The Hall–Kier alpha value is -3.68. The van der Waals surface area contributed by atoms with Gasteiger partial charge in [0, 0.05) is 12.6 Å². The van der Waals surface area contributed by atoms with E-state index in [0.29, 0.717) is 11.3 Å². The van der Waals surface area contributed by atoms with Gasteiger partial charge in [-0.2, -0.15) is 0 Å². The number of carbonyl (C=O) groups is 4. The van der Waals surface area contributed by atoms with Gasteiger partial charge in [0.2, 0.25) is 5.91 Å². The third-order valence-corrected chi connectivity index (χ3v) is 3.99. The zero-order chi connectivity index (χ0) is 21.9. The SMILES string of the molecule is CCOC(=O)c1ccc(NC(=O)COC(=O)C[C@@H](NC(C)=O)c2ccccc2)cc1. The van der Waals surface area contributed by atoms with Crippen molar-refractivity contribution in [2.45, 2.75) is 26.3 Å². The molecule has 0 aliphatic carbocycles. The smallest absolute Gasteiger partial charge is 0.338 e. The van der Waals surface area contributed by atoms with Crippen LogP contribution in [0.25, 0.3) is 0 Å². The van der Waals surface area contributed by atoms with Crippen LogP contribution in [0.3, 0.4) is 0 Å². The molecule has 2 amide bonds. The van der Waals surface area contributed by atoms with Crippen LogP contribution in [0.4, 0.5) is 5.69 Å². The number of benzene rings is 2. The van der Waals surface area contributed by atoms with E-state index in [9.17, 15) is 19.2 Å². The molecule has 0 bridgehead atoms. The van der Waals surface area contributed by atoms with Crippen LogP contribution in [0.5, 0.6) is 0 Å². The monoisotopic (exact) mass is 412 g/mol. The molecule has 2 N–H and O–H groups in total. The minimum Gasteiger partial charge on any atom is -0.462 e. The fraction of sp³-hybridized carbons (Fsp3) is 0.273. The highest BCUT2D eigenvalue weighted by Crippen LogP contribution is 2.17. The fourth-order valence-electron chi connectivity index (χ4n) is 2.66. The highest BCUT2D eigenvalue weighted by Gasteiger charge is 2.18. The third kappa shape index (κ3) is 7.38. The van der Waals surface area contributed by atoms with Gasteiger partial charge >= 0.3 is 11.9 Å². The molecule has 0 heterocycles. The van der Waals surface area contributed by atoms with Gasteiger partial charge < -0.3 is 20.1 Å². The fourth-order valence-corrected chi connectivity index (χ4v) is 2.66. The predicted molar refractivity (Wildman–Crippen MR) is 110 cm³/mol. The number of rotatable bonds is 9. The molecule has 8 heteroatoms. The summed E-state index contributed by atoms with van der Waals surface area (Å²) in [6.45, 7) is 2.88. The van der Waals surface area contributed by atoms with Crippen LogP contribution in [0.2, 0.25) is 0 Å². The largest absolute Gasteiger partial charge is 0.462 e. The minimum absolute atomic E-state index is 0.106. The van der Waals surface area contributed by atoms with Crippen molar-refractivity contribution < 1.29 is 28.7 Å². The number of carbonyl (C=O) groups excluding carboxylic acids is 4. The first-order valence-corrected chi connectivity index (χ1v) is 9.43. The lowest BCUT2D eigenvalue weighted by Gasteiger charge is -2.17. The summed E-state index contributed by atoms with van der Waals surface area (Å²) in [5.41, 5.74) is 1.58. The quantitative estimate of drug-likeness (QED) is 0.613. The second-order valence-electron chi connectivity index (χ2n) is 6.37. The molecule has 30 heavy (non-hydrogen) atoms. The van der Waals surface area contributed by atoms with Crippen LogP contribution in [0, 0.1) is 0 Å². The molecule has 0 saturated carbocycles. The van der Waals surface area contributed by atoms with E-state index in [1.54, 1.807) is 43.3 Å². The molecular formula is C22H24N2O6. The molecule has 0 spiro atoms. The number of nitrogens with one attached hydrogen (secondary N) is 2. The Morgan fingerprint density at radius 3 is 2.20 bits per heavy atom. The van der Waals surface area contributed by atoms with Gasteiger partial charge in [-0.25, -0.2) is 4.79 Å². The Kier molecular flexibility index (Phi) is 8.56. The molecule has 0 saturated heterocycles. The molecule has 0 unspecified atom stereocenters. The van der Waals surface area contributed by atoms with Gasteiger partial charge in [-0.3, -0.25) is 14.4 Å². The number of hydrogen-bond donors (Lipinski definition) is 2. The highest BCUT2D eigenvalue weighted by molar-refractivity contribution is 5.94. The van der Waals surface area contributed by atoms with E-state index in [-0.39, 0.29) is 18.9 Å². The molecule has 8 nitrogen and oxygen atoms in total. The molecule has 2 aromatic carbocycles. The molecular weight excluding hydrogens is 388 g/mol. The van der Waals surface area contributed by atoms with Crippen LogP contribution >= 0.6 is 0 Å². The zero-order valence-corrected chi connectivity index (χ0v) is 16.8. The Labute approximate surface area is 174 Å². The van der Waals surface area contributed by atoms with Crippen LogP contribution in [-0.2, 0) is 23.9 Å². The van der Waals surface area contributed by atoms with Gasteiger partial charge in [-0.05, 0) is 36.8 Å². The average molecular weight is 412 g/mol. The van der Waals surface area contributed by atoms with E-state index in [4.69, 9.17) is 9.47 Å². The van der Waals surface area contributed by atoms with Gasteiger partial charge in [0.25, 0.3) is 5.91 Å². The maximum atomic E-state index is 12.1. The molecule has 0 fully saturated rings. The summed E-state index contributed by atoms with van der Waals surface area (Å²) in [6.07, 6.45) is -0.106. The summed E-state index contributed by atoms with van der Waals surface area (Å²) in [5, 5.41) is 5.27. The maximum Gasteiger partial charge on any atom is 0.338 e. The molecule has 2 rings (SSSR count). The Balaban J connectivity index is 1.85. The first-order valence-electron chi connectivity index (χ1n) is 9.43. The van der Waals surface area contributed by atoms with Crippen LogP contribution < -0.4 is 10.6 Å². The Morgan fingerprint density at radius 2 is 1.60 bits per heavy atom.